The number of carbonyl (C=O) groups is 1. The summed E-state index contributed by atoms with van der Waals surface area (Å²) in [6.45, 7) is 0.0630. The second-order valence-electron chi connectivity index (χ2n) is 8.47. The Hall–Kier alpha value is -3.09. The van der Waals surface area contributed by atoms with Crippen LogP contribution in [0.5, 0.6) is 0 Å². The van der Waals surface area contributed by atoms with Crippen molar-refractivity contribution in [2.24, 2.45) is 0 Å². The van der Waals surface area contributed by atoms with Crippen LogP contribution < -0.4 is 16.4 Å². The molecule has 1 atom stereocenters. The summed E-state index contributed by atoms with van der Waals surface area (Å²) < 4.78 is 53.0. The molecule has 206 valence electrons. The third-order valence-electron chi connectivity index (χ3n) is 5.31. The molecule has 12 heteroatoms. The Kier molecular flexibility index (Phi) is 12.1. The van der Waals surface area contributed by atoms with Crippen LogP contribution in [0.2, 0.25) is 0 Å². The molecule has 0 aliphatic heterocycles. The van der Waals surface area contributed by atoms with Gasteiger partial charge in [-0.05, 0) is 62.8 Å². The average molecular weight is 600 g/mol. The van der Waals surface area contributed by atoms with E-state index in [1.807, 2.05) is 14.1 Å². The van der Waals surface area contributed by atoms with Gasteiger partial charge in [-0.2, -0.15) is 0 Å². The molecular formula is C26H30BrF4N5O2. The van der Waals surface area contributed by atoms with Gasteiger partial charge in [-0.25, -0.2) is 22.5 Å². The lowest BCUT2D eigenvalue weighted by atomic mass is 9.94. The van der Waals surface area contributed by atoms with Gasteiger partial charge in [-0.3, -0.25) is 9.78 Å². The molecule has 1 heterocycles. The quantitative estimate of drug-likeness (QED) is 0.311. The molecule has 0 spiro atoms. The van der Waals surface area contributed by atoms with Gasteiger partial charge in [0.25, 0.3) is 11.8 Å². The normalized spacial score (nSPS) is 15.8. The van der Waals surface area contributed by atoms with Crippen LogP contribution in [0.1, 0.15) is 41.6 Å². The number of aliphatic hydroxyl groups is 1. The van der Waals surface area contributed by atoms with E-state index in [0.717, 1.165) is 6.42 Å². The van der Waals surface area contributed by atoms with E-state index < -0.39 is 29.6 Å². The number of nitrogens with one attached hydrogen (secondary N) is 2. The molecule has 1 fully saturated rings. The lowest BCUT2D eigenvalue weighted by molar-refractivity contribution is -0.130. The summed E-state index contributed by atoms with van der Waals surface area (Å²) in [5, 5.41) is 14.0. The van der Waals surface area contributed by atoms with Gasteiger partial charge in [0.15, 0.2) is 0 Å². The van der Waals surface area contributed by atoms with Crippen molar-refractivity contribution in [1.82, 2.24) is 20.6 Å². The minimum Gasteiger partial charge on any atom is -0.387 e. The van der Waals surface area contributed by atoms with Crippen molar-refractivity contribution in [3.05, 3.63) is 76.0 Å². The molecule has 3 aromatic rings. The molecule has 5 N–H and O–H groups in total. The predicted molar refractivity (Wildman–Crippen MR) is 142 cm³/mol. The third-order valence-corrected chi connectivity index (χ3v) is 5.77. The Morgan fingerprint density at radius 1 is 1.13 bits per heavy atom. The van der Waals surface area contributed by atoms with Gasteiger partial charge in [-0.1, -0.05) is 28.4 Å². The maximum atomic E-state index is 14.4. The number of aromatic nitrogens is 2. The van der Waals surface area contributed by atoms with Crippen LogP contribution in [0.4, 0.5) is 23.4 Å². The van der Waals surface area contributed by atoms with Crippen LogP contribution in [-0.2, 0) is 6.54 Å². The summed E-state index contributed by atoms with van der Waals surface area (Å²) in [6.07, 6.45) is 2.89. The molecule has 1 aliphatic rings. The number of carbonyl (C=O) groups excluding carboxylic acids is 1. The van der Waals surface area contributed by atoms with Gasteiger partial charge < -0.3 is 21.5 Å². The number of nitrogens with two attached hydrogens (primary N) is 1. The van der Waals surface area contributed by atoms with E-state index in [1.165, 1.54) is 42.7 Å². The Balaban J connectivity index is 0.000000351. The van der Waals surface area contributed by atoms with Gasteiger partial charge in [0.05, 0.1) is 5.56 Å². The number of nitrogen functional groups attached to an aromatic ring is 1. The number of rotatable bonds is 4. The first-order chi connectivity index (χ1) is 18.0. The van der Waals surface area contributed by atoms with E-state index in [9.17, 15) is 22.4 Å². The second-order valence-corrected chi connectivity index (χ2v) is 9.38. The average Bonchev–Trinajstić information content (AvgIpc) is 2.85. The number of aliphatic hydroxyl groups excluding tert-OH is 1. The number of benzene rings is 2. The van der Waals surface area contributed by atoms with E-state index in [-0.39, 0.29) is 30.8 Å². The number of hydrogen-bond acceptors (Lipinski definition) is 6. The van der Waals surface area contributed by atoms with Crippen LogP contribution in [0.25, 0.3) is 11.3 Å². The zero-order valence-corrected chi connectivity index (χ0v) is 22.5. The summed E-state index contributed by atoms with van der Waals surface area (Å²) in [5.41, 5.74) is 6.90. The number of anilines is 1. The summed E-state index contributed by atoms with van der Waals surface area (Å²) in [4.78, 5) is 20.2. The van der Waals surface area contributed by atoms with Gasteiger partial charge in [0.2, 0.25) is 0 Å². The first kappa shape index (κ1) is 31.1. The Morgan fingerprint density at radius 2 is 1.82 bits per heavy atom. The molecule has 1 saturated carbocycles. The van der Waals surface area contributed by atoms with E-state index in [4.69, 9.17) is 10.8 Å². The van der Waals surface area contributed by atoms with Crippen molar-refractivity contribution in [2.45, 2.75) is 44.3 Å². The van der Waals surface area contributed by atoms with Crippen LogP contribution >= 0.6 is 15.9 Å². The molecule has 1 unspecified atom stereocenters. The van der Waals surface area contributed by atoms with Crippen LogP contribution in [0.15, 0.2) is 53.3 Å². The molecule has 0 bridgehead atoms. The highest BCUT2D eigenvalue weighted by Crippen LogP contribution is 2.33. The first-order valence-corrected chi connectivity index (χ1v) is 12.5. The van der Waals surface area contributed by atoms with E-state index in [1.54, 1.807) is 6.07 Å². The fraction of sp³-hybridized carbons (Fsp3) is 0.346. The zero-order chi connectivity index (χ0) is 28.3. The van der Waals surface area contributed by atoms with Crippen molar-refractivity contribution in [3.8, 4) is 11.3 Å². The van der Waals surface area contributed by atoms with Crippen molar-refractivity contribution >= 4 is 27.7 Å². The fourth-order valence-electron chi connectivity index (χ4n) is 3.48. The lowest BCUT2D eigenvalue weighted by Gasteiger charge is -2.26. The fourth-order valence-corrected chi connectivity index (χ4v) is 4.00. The molecule has 7 nitrogen and oxygen atoms in total. The largest absolute Gasteiger partial charge is 0.387 e. The van der Waals surface area contributed by atoms with Crippen molar-refractivity contribution in [3.63, 3.8) is 0 Å². The molecule has 2 aromatic carbocycles. The molecule has 1 amide bonds. The molecular weight excluding hydrogens is 570 g/mol. The van der Waals surface area contributed by atoms with Crippen molar-refractivity contribution in [1.29, 1.82) is 0 Å². The minimum absolute atomic E-state index is 0.0630. The minimum atomic E-state index is -2.81. The van der Waals surface area contributed by atoms with E-state index in [0.29, 0.717) is 27.7 Å². The second kappa shape index (κ2) is 14.7. The highest BCUT2D eigenvalue weighted by molar-refractivity contribution is 9.10. The van der Waals surface area contributed by atoms with Gasteiger partial charge in [0, 0.05) is 35.4 Å². The van der Waals surface area contributed by atoms with Gasteiger partial charge in [-0.15, -0.1) is 0 Å². The van der Waals surface area contributed by atoms with Crippen molar-refractivity contribution < 1.29 is 27.5 Å². The van der Waals surface area contributed by atoms with Crippen LogP contribution in [-0.4, -0.2) is 47.1 Å². The maximum absolute atomic E-state index is 14.4. The molecule has 1 aliphatic carbocycles. The number of hydrogen-bond donors (Lipinski definition) is 4. The Labute approximate surface area is 227 Å². The Bertz CT molecular complexity index is 1200. The van der Waals surface area contributed by atoms with Crippen LogP contribution in [0.3, 0.4) is 0 Å². The lowest BCUT2D eigenvalue weighted by Crippen LogP contribution is -2.36. The molecule has 4 rings (SSSR count). The van der Waals surface area contributed by atoms with Gasteiger partial charge >= 0.3 is 0 Å². The number of halogens is 5. The van der Waals surface area contributed by atoms with E-state index >= 15 is 0 Å². The highest BCUT2D eigenvalue weighted by Gasteiger charge is 2.39. The molecule has 38 heavy (non-hydrogen) atoms. The molecule has 0 saturated heterocycles. The summed E-state index contributed by atoms with van der Waals surface area (Å²) in [5.74, 6) is -4.40. The third kappa shape index (κ3) is 9.34. The first-order valence-electron chi connectivity index (χ1n) is 11.7. The Morgan fingerprint density at radius 3 is 2.37 bits per heavy atom. The zero-order valence-electron chi connectivity index (χ0n) is 20.9. The summed E-state index contributed by atoms with van der Waals surface area (Å²) >= 11 is 3.18. The number of alkyl halides is 2. The van der Waals surface area contributed by atoms with Crippen LogP contribution in [0, 0.1) is 11.6 Å². The SMILES string of the molecule is CNC.Nc1nccnc1-c1ccc(C(=O)NCc2cc(F)cc(Br)c2)c(F)c1.OC1CCCCC1(F)F. The van der Waals surface area contributed by atoms with Crippen molar-refractivity contribution in [2.75, 3.05) is 19.8 Å². The smallest absolute Gasteiger partial charge is 0.273 e. The highest BCUT2D eigenvalue weighted by atomic mass is 79.9. The summed E-state index contributed by atoms with van der Waals surface area (Å²) in [7, 11) is 3.75. The maximum Gasteiger partial charge on any atom is 0.273 e. The van der Waals surface area contributed by atoms with E-state index in [2.05, 4.69) is 36.5 Å². The summed E-state index contributed by atoms with van der Waals surface area (Å²) in [6, 6.07) is 8.32. The standard InChI is InChI=1S/C18H13BrF2N4O.C6H10F2O.C2H7N/c19-12-5-10(6-13(20)8-12)9-25-18(26)14-2-1-11(7-15(14)21)16-17(22)24-4-3-23-16;7-6(8)4-2-1-3-5(6)9;1-3-2/h1-8H,9H2,(H2,22,24)(H,25,26);5,9H,1-4H2;3H,1-2H3. The van der Waals surface area contributed by atoms with Gasteiger partial charge in [0.1, 0.15) is 29.3 Å². The number of nitrogens with zero attached hydrogens (tertiary/aromatic N) is 2. The molecule has 1 aromatic heterocycles. The molecule has 0 radical (unpaired) electrons. The monoisotopic (exact) mass is 599 g/mol. The predicted octanol–water partition coefficient (Wildman–Crippen LogP) is 5.09. The topological polar surface area (TPSA) is 113 Å². The number of amides is 1.